The number of hydrogen-bond donors (Lipinski definition) is 0. The van der Waals surface area contributed by atoms with Crippen molar-refractivity contribution in [2.45, 2.75) is 57.8 Å². The third-order valence-corrected chi connectivity index (χ3v) is 3.80. The maximum Gasteiger partial charge on any atom is 0.169 e. The molecule has 1 aromatic rings. The molecule has 2 atom stereocenters. The summed E-state index contributed by atoms with van der Waals surface area (Å²) in [5.74, 6) is -0.404. The molecule has 1 saturated heterocycles. The van der Waals surface area contributed by atoms with Crippen LogP contribution in [0.4, 0.5) is 0 Å². The number of rotatable bonds is 4. The van der Waals surface area contributed by atoms with Gasteiger partial charge in [-0.2, -0.15) is 0 Å². The van der Waals surface area contributed by atoms with E-state index in [2.05, 4.69) is 58.0 Å². The van der Waals surface area contributed by atoms with E-state index < -0.39 is 5.79 Å². The van der Waals surface area contributed by atoms with Crippen LogP contribution >= 0.6 is 0 Å². The normalized spacial score (nSPS) is 28.6. The maximum atomic E-state index is 6.03. The van der Waals surface area contributed by atoms with Gasteiger partial charge in [0.05, 0.1) is 12.7 Å². The first-order valence-corrected chi connectivity index (χ1v) is 6.85. The molecule has 100 valence electrons. The van der Waals surface area contributed by atoms with Crippen LogP contribution in [0.25, 0.3) is 0 Å². The third kappa shape index (κ3) is 2.76. The van der Waals surface area contributed by atoms with E-state index in [4.69, 9.17) is 9.47 Å². The molecule has 1 heterocycles. The minimum atomic E-state index is -0.404. The third-order valence-electron chi connectivity index (χ3n) is 3.80. The monoisotopic (exact) mass is 248 g/mol. The summed E-state index contributed by atoms with van der Waals surface area (Å²) in [6.07, 6.45) is 2.00. The molecule has 0 unspecified atom stereocenters. The molecule has 1 aliphatic rings. The van der Waals surface area contributed by atoms with Gasteiger partial charge >= 0.3 is 0 Å². The van der Waals surface area contributed by atoms with Crippen LogP contribution < -0.4 is 0 Å². The predicted molar refractivity (Wildman–Crippen MR) is 73.6 cm³/mol. The van der Waals surface area contributed by atoms with Crippen LogP contribution in [0.1, 0.15) is 46.1 Å². The fourth-order valence-corrected chi connectivity index (χ4v) is 2.77. The van der Waals surface area contributed by atoms with Gasteiger partial charge in [-0.15, -0.1) is 0 Å². The van der Waals surface area contributed by atoms with Gasteiger partial charge in [0.15, 0.2) is 5.79 Å². The summed E-state index contributed by atoms with van der Waals surface area (Å²) in [4.78, 5) is 0. The Morgan fingerprint density at radius 3 is 2.44 bits per heavy atom. The van der Waals surface area contributed by atoms with Crippen molar-refractivity contribution < 1.29 is 9.47 Å². The molecule has 0 N–H and O–H groups in total. The van der Waals surface area contributed by atoms with Gasteiger partial charge in [0.1, 0.15) is 0 Å². The van der Waals surface area contributed by atoms with Gasteiger partial charge in [-0.1, -0.05) is 51.1 Å². The van der Waals surface area contributed by atoms with Crippen LogP contribution in [0.3, 0.4) is 0 Å². The van der Waals surface area contributed by atoms with Gasteiger partial charge in [-0.25, -0.2) is 0 Å². The zero-order valence-corrected chi connectivity index (χ0v) is 11.9. The molecule has 1 aliphatic heterocycles. The highest BCUT2D eigenvalue weighted by Gasteiger charge is 2.43. The zero-order chi connectivity index (χ0) is 13.2. The lowest BCUT2D eigenvalue weighted by Crippen LogP contribution is -2.37. The minimum absolute atomic E-state index is 0.0569. The average molecular weight is 248 g/mol. The molecule has 0 saturated carbocycles. The molecule has 0 amide bonds. The van der Waals surface area contributed by atoms with Crippen LogP contribution in [-0.4, -0.2) is 18.5 Å². The van der Waals surface area contributed by atoms with E-state index in [0.717, 1.165) is 12.8 Å². The summed E-state index contributed by atoms with van der Waals surface area (Å²) < 4.78 is 12.0. The van der Waals surface area contributed by atoms with Gasteiger partial charge in [0.25, 0.3) is 0 Å². The van der Waals surface area contributed by atoms with Gasteiger partial charge in [0.2, 0.25) is 0 Å². The fourth-order valence-electron chi connectivity index (χ4n) is 2.77. The molecule has 2 heteroatoms. The second-order valence-corrected chi connectivity index (χ2v) is 5.93. The molecule has 2 nitrogen and oxygen atoms in total. The maximum absolute atomic E-state index is 6.03. The predicted octanol–water partition coefficient (Wildman–Crippen LogP) is 3.90. The van der Waals surface area contributed by atoms with Crippen LogP contribution in [0.5, 0.6) is 0 Å². The molecule has 0 aliphatic carbocycles. The van der Waals surface area contributed by atoms with E-state index in [-0.39, 0.29) is 11.5 Å². The minimum Gasteiger partial charge on any atom is -0.347 e. The van der Waals surface area contributed by atoms with Crippen LogP contribution in [0.2, 0.25) is 0 Å². The quantitative estimate of drug-likeness (QED) is 0.804. The first kappa shape index (κ1) is 13.6. The summed E-state index contributed by atoms with van der Waals surface area (Å²) >= 11 is 0. The Hall–Kier alpha value is -0.860. The molecule has 2 rings (SSSR count). The summed E-state index contributed by atoms with van der Waals surface area (Å²) in [5, 5.41) is 0. The molecular weight excluding hydrogens is 224 g/mol. The zero-order valence-electron chi connectivity index (χ0n) is 11.9. The summed E-state index contributed by atoms with van der Waals surface area (Å²) in [7, 11) is 0. The lowest BCUT2D eigenvalue weighted by Gasteiger charge is -2.36. The molecular formula is C16H24O2. The molecule has 1 aromatic carbocycles. The van der Waals surface area contributed by atoms with Gasteiger partial charge < -0.3 is 9.47 Å². The van der Waals surface area contributed by atoms with E-state index in [1.165, 1.54) is 5.56 Å². The smallest absolute Gasteiger partial charge is 0.169 e. The molecule has 0 bridgehead atoms. The standard InChI is InChI=1S/C16H24O2/c1-5-16(17-11-13(2)18-16)12-15(3,4)14-9-7-6-8-10-14/h6-10,13H,5,11-12H2,1-4H3/t13-,16-/m0/s1. The Morgan fingerprint density at radius 1 is 1.28 bits per heavy atom. The highest BCUT2D eigenvalue weighted by atomic mass is 16.7. The van der Waals surface area contributed by atoms with Crippen LogP contribution in [0, 0.1) is 0 Å². The Labute approximate surface area is 110 Å². The number of hydrogen-bond acceptors (Lipinski definition) is 2. The second kappa shape index (κ2) is 5.02. The highest BCUT2D eigenvalue weighted by Crippen LogP contribution is 2.39. The van der Waals surface area contributed by atoms with Crippen molar-refractivity contribution in [2.75, 3.05) is 6.61 Å². The lowest BCUT2D eigenvalue weighted by atomic mass is 9.78. The summed E-state index contributed by atoms with van der Waals surface area (Å²) in [6.45, 7) is 9.44. The van der Waals surface area contributed by atoms with Crippen molar-refractivity contribution in [1.29, 1.82) is 0 Å². The molecule has 0 aromatic heterocycles. The summed E-state index contributed by atoms with van der Waals surface area (Å²) in [6, 6.07) is 10.6. The van der Waals surface area contributed by atoms with Crippen molar-refractivity contribution in [3.63, 3.8) is 0 Å². The highest BCUT2D eigenvalue weighted by molar-refractivity contribution is 5.24. The van der Waals surface area contributed by atoms with E-state index in [1.54, 1.807) is 0 Å². The van der Waals surface area contributed by atoms with Crippen molar-refractivity contribution in [3.05, 3.63) is 35.9 Å². The first-order valence-electron chi connectivity index (χ1n) is 6.85. The SMILES string of the molecule is CC[C@]1(CC(C)(C)c2ccccc2)OC[C@H](C)O1. The van der Waals surface area contributed by atoms with E-state index in [1.807, 2.05) is 0 Å². The van der Waals surface area contributed by atoms with Crippen molar-refractivity contribution in [2.24, 2.45) is 0 Å². The molecule has 0 spiro atoms. The van der Waals surface area contributed by atoms with Crippen molar-refractivity contribution >= 4 is 0 Å². The van der Waals surface area contributed by atoms with Crippen molar-refractivity contribution in [1.82, 2.24) is 0 Å². The Morgan fingerprint density at radius 2 is 1.94 bits per heavy atom. The Kier molecular flexibility index (Phi) is 3.79. The van der Waals surface area contributed by atoms with Crippen molar-refractivity contribution in [3.8, 4) is 0 Å². The topological polar surface area (TPSA) is 18.5 Å². The molecule has 18 heavy (non-hydrogen) atoms. The lowest BCUT2D eigenvalue weighted by molar-refractivity contribution is -0.181. The Balaban J connectivity index is 2.17. The van der Waals surface area contributed by atoms with Gasteiger partial charge in [-0.05, 0) is 24.3 Å². The van der Waals surface area contributed by atoms with Gasteiger partial charge in [-0.3, -0.25) is 0 Å². The van der Waals surface area contributed by atoms with Gasteiger partial charge in [0, 0.05) is 6.42 Å². The average Bonchev–Trinajstić information content (AvgIpc) is 2.72. The fraction of sp³-hybridized carbons (Fsp3) is 0.625. The second-order valence-electron chi connectivity index (χ2n) is 5.93. The first-order chi connectivity index (χ1) is 8.47. The number of ether oxygens (including phenoxy) is 2. The summed E-state index contributed by atoms with van der Waals surface area (Å²) in [5.41, 5.74) is 1.39. The van der Waals surface area contributed by atoms with Crippen LogP contribution in [-0.2, 0) is 14.9 Å². The van der Waals surface area contributed by atoms with Crippen LogP contribution in [0.15, 0.2) is 30.3 Å². The Bertz CT molecular complexity index is 385. The largest absolute Gasteiger partial charge is 0.347 e. The van der Waals surface area contributed by atoms with E-state index in [0.29, 0.717) is 6.61 Å². The number of benzene rings is 1. The molecule has 0 radical (unpaired) electrons. The van der Waals surface area contributed by atoms with E-state index >= 15 is 0 Å². The van der Waals surface area contributed by atoms with E-state index in [9.17, 15) is 0 Å². The molecule has 1 fully saturated rings.